The van der Waals surface area contributed by atoms with Crippen molar-refractivity contribution in [1.29, 1.82) is 0 Å². The van der Waals surface area contributed by atoms with E-state index in [1.165, 1.54) is 6.33 Å². The van der Waals surface area contributed by atoms with Gasteiger partial charge < -0.3 is 15.5 Å². The third-order valence-corrected chi connectivity index (χ3v) is 4.92. The number of likely N-dealkylation sites (N-methyl/N-ethyl adjacent to an activating group) is 1. The summed E-state index contributed by atoms with van der Waals surface area (Å²) in [7, 11) is 3.59. The molecule has 3 heterocycles. The summed E-state index contributed by atoms with van der Waals surface area (Å²) in [5, 5.41) is 12.4. The number of hydrogen-bond acceptors (Lipinski definition) is 7. The highest BCUT2D eigenvalue weighted by molar-refractivity contribution is 5.94. The Bertz CT molecular complexity index is 1070. The highest BCUT2D eigenvalue weighted by Gasteiger charge is 2.22. The Labute approximate surface area is 167 Å². The Morgan fingerprint density at radius 3 is 2.76 bits per heavy atom. The first-order chi connectivity index (χ1) is 14.1. The van der Waals surface area contributed by atoms with E-state index in [0.717, 1.165) is 17.8 Å². The predicted molar refractivity (Wildman–Crippen MR) is 107 cm³/mol. The normalized spacial score (nSPS) is 13.7. The number of aromatic amines is 1. The number of amides is 1. The minimum atomic E-state index is -0.181. The zero-order chi connectivity index (χ0) is 20.4. The standard InChI is InChI=1S/C19H22N8O2/c1-20-17(28)12-3-5-13(6-4-12)27-18(29)14-7-8-26(2)10-15(14)24-19(27)21-9-16-22-11-23-25-16/h3-6,11H,7-10H2,1-2H3,(H,20,28)(H,21,24)(H,22,23,25). The Morgan fingerprint density at radius 2 is 2.07 bits per heavy atom. The number of nitrogens with one attached hydrogen (secondary N) is 3. The largest absolute Gasteiger partial charge is 0.355 e. The van der Waals surface area contributed by atoms with Crippen LogP contribution >= 0.6 is 0 Å². The highest BCUT2D eigenvalue weighted by atomic mass is 16.1. The molecule has 10 heteroatoms. The van der Waals surface area contributed by atoms with E-state index in [1.54, 1.807) is 35.9 Å². The molecule has 1 amide bonds. The molecule has 29 heavy (non-hydrogen) atoms. The van der Waals surface area contributed by atoms with Crippen LogP contribution in [0.1, 0.15) is 27.4 Å². The van der Waals surface area contributed by atoms with Gasteiger partial charge in [-0.3, -0.25) is 14.7 Å². The lowest BCUT2D eigenvalue weighted by Gasteiger charge is -2.25. The average molecular weight is 394 g/mol. The van der Waals surface area contributed by atoms with Crippen molar-refractivity contribution >= 4 is 11.9 Å². The van der Waals surface area contributed by atoms with Crippen molar-refractivity contribution in [1.82, 2.24) is 34.9 Å². The van der Waals surface area contributed by atoms with E-state index in [0.29, 0.717) is 42.5 Å². The molecule has 2 aromatic heterocycles. The fraction of sp³-hybridized carbons (Fsp3) is 0.316. The minimum absolute atomic E-state index is 0.101. The van der Waals surface area contributed by atoms with E-state index < -0.39 is 0 Å². The van der Waals surface area contributed by atoms with Crippen LogP contribution in [0.25, 0.3) is 5.69 Å². The van der Waals surface area contributed by atoms with Crippen LogP contribution in [0, 0.1) is 0 Å². The number of rotatable bonds is 5. The highest BCUT2D eigenvalue weighted by Crippen LogP contribution is 2.19. The number of benzene rings is 1. The van der Waals surface area contributed by atoms with Gasteiger partial charge in [0.05, 0.1) is 17.9 Å². The number of anilines is 1. The van der Waals surface area contributed by atoms with E-state index in [9.17, 15) is 9.59 Å². The van der Waals surface area contributed by atoms with Gasteiger partial charge in [0, 0.05) is 31.3 Å². The molecule has 10 nitrogen and oxygen atoms in total. The quantitative estimate of drug-likeness (QED) is 0.569. The average Bonchev–Trinajstić information content (AvgIpc) is 3.25. The molecule has 150 valence electrons. The first-order valence-corrected chi connectivity index (χ1v) is 9.31. The van der Waals surface area contributed by atoms with Crippen LogP contribution in [0.4, 0.5) is 5.95 Å². The molecule has 0 fully saturated rings. The molecule has 0 spiro atoms. The van der Waals surface area contributed by atoms with Gasteiger partial charge in [-0.05, 0) is 37.7 Å². The maximum absolute atomic E-state index is 13.3. The van der Waals surface area contributed by atoms with Gasteiger partial charge in [-0.25, -0.2) is 14.5 Å². The van der Waals surface area contributed by atoms with Crippen molar-refractivity contribution in [3.05, 3.63) is 63.6 Å². The molecule has 0 saturated heterocycles. The molecule has 0 radical (unpaired) electrons. The van der Waals surface area contributed by atoms with Crippen molar-refractivity contribution in [2.24, 2.45) is 0 Å². The molecule has 3 N–H and O–H groups in total. The lowest BCUT2D eigenvalue weighted by atomic mass is 10.1. The van der Waals surface area contributed by atoms with E-state index in [1.807, 2.05) is 7.05 Å². The molecule has 0 bridgehead atoms. The minimum Gasteiger partial charge on any atom is -0.355 e. The molecule has 1 aromatic carbocycles. The molecule has 0 aliphatic carbocycles. The SMILES string of the molecule is CNC(=O)c1ccc(-n2c(NCc3ncn[nH]3)nc3c(c2=O)CCN(C)C3)cc1. The number of H-pyrrole nitrogens is 1. The number of aromatic nitrogens is 5. The van der Waals surface area contributed by atoms with Crippen molar-refractivity contribution < 1.29 is 4.79 Å². The van der Waals surface area contributed by atoms with Crippen molar-refractivity contribution in [3.63, 3.8) is 0 Å². The summed E-state index contributed by atoms with van der Waals surface area (Å²) in [6.07, 6.45) is 2.08. The lowest BCUT2D eigenvalue weighted by Crippen LogP contribution is -2.36. The first kappa shape index (κ1) is 18.8. The fourth-order valence-corrected chi connectivity index (χ4v) is 3.36. The van der Waals surface area contributed by atoms with Crippen LogP contribution in [-0.4, -0.2) is 56.2 Å². The second kappa shape index (κ2) is 7.84. The maximum atomic E-state index is 13.3. The van der Waals surface area contributed by atoms with E-state index in [2.05, 4.69) is 30.7 Å². The molecule has 1 aliphatic heterocycles. The van der Waals surface area contributed by atoms with Gasteiger partial charge in [0.2, 0.25) is 5.95 Å². The molecule has 0 saturated carbocycles. The van der Waals surface area contributed by atoms with Gasteiger partial charge in [-0.15, -0.1) is 0 Å². The summed E-state index contributed by atoms with van der Waals surface area (Å²) in [4.78, 5) is 36.1. The number of fused-ring (bicyclic) bond motifs is 1. The number of carbonyl (C=O) groups is 1. The second-order valence-electron chi connectivity index (χ2n) is 6.90. The van der Waals surface area contributed by atoms with E-state index >= 15 is 0 Å². The van der Waals surface area contributed by atoms with E-state index in [-0.39, 0.29) is 11.5 Å². The molecule has 4 rings (SSSR count). The molecular formula is C19H22N8O2. The van der Waals surface area contributed by atoms with Crippen LogP contribution in [0.2, 0.25) is 0 Å². The molecule has 1 aliphatic rings. The molecule has 0 unspecified atom stereocenters. The monoisotopic (exact) mass is 394 g/mol. The summed E-state index contributed by atoms with van der Waals surface area (Å²) in [6.45, 7) is 1.78. The second-order valence-corrected chi connectivity index (χ2v) is 6.90. The molecule has 3 aromatic rings. The third kappa shape index (κ3) is 3.74. The van der Waals surface area contributed by atoms with Crippen LogP contribution < -0.4 is 16.2 Å². The number of nitrogens with zero attached hydrogens (tertiary/aromatic N) is 5. The van der Waals surface area contributed by atoms with Crippen LogP contribution in [0.5, 0.6) is 0 Å². The van der Waals surface area contributed by atoms with Gasteiger partial charge in [0.25, 0.3) is 11.5 Å². The maximum Gasteiger partial charge on any atom is 0.263 e. The zero-order valence-corrected chi connectivity index (χ0v) is 16.3. The summed E-state index contributed by atoms with van der Waals surface area (Å²) in [5.41, 5.74) is 2.56. The zero-order valence-electron chi connectivity index (χ0n) is 16.3. The molecule has 0 atom stereocenters. The Balaban J connectivity index is 1.77. The third-order valence-electron chi connectivity index (χ3n) is 4.92. The number of hydrogen-bond donors (Lipinski definition) is 3. The Kier molecular flexibility index (Phi) is 5.09. The lowest BCUT2D eigenvalue weighted by molar-refractivity contribution is 0.0963. The van der Waals surface area contributed by atoms with Crippen LogP contribution in [-0.2, 0) is 19.5 Å². The van der Waals surface area contributed by atoms with Crippen LogP contribution in [0.3, 0.4) is 0 Å². The van der Waals surface area contributed by atoms with Gasteiger partial charge >= 0.3 is 0 Å². The summed E-state index contributed by atoms with van der Waals surface area (Å²) < 4.78 is 1.55. The molecular weight excluding hydrogens is 372 g/mol. The summed E-state index contributed by atoms with van der Waals surface area (Å²) in [6, 6.07) is 6.87. The smallest absolute Gasteiger partial charge is 0.263 e. The van der Waals surface area contributed by atoms with Crippen molar-refractivity contribution in [2.75, 3.05) is 26.0 Å². The summed E-state index contributed by atoms with van der Waals surface area (Å²) in [5.74, 6) is 0.878. The van der Waals surface area contributed by atoms with Gasteiger partial charge in [-0.2, -0.15) is 5.10 Å². The Morgan fingerprint density at radius 1 is 1.28 bits per heavy atom. The van der Waals surface area contributed by atoms with Crippen molar-refractivity contribution in [2.45, 2.75) is 19.5 Å². The van der Waals surface area contributed by atoms with Crippen molar-refractivity contribution in [3.8, 4) is 5.69 Å². The predicted octanol–water partition coefficient (Wildman–Crippen LogP) is 0.310. The van der Waals surface area contributed by atoms with E-state index in [4.69, 9.17) is 4.98 Å². The number of carbonyl (C=O) groups excluding carboxylic acids is 1. The Hall–Kier alpha value is -3.53. The van der Waals surface area contributed by atoms with Gasteiger partial charge in [0.1, 0.15) is 12.2 Å². The fourth-order valence-electron chi connectivity index (χ4n) is 3.36. The van der Waals surface area contributed by atoms with Crippen LogP contribution in [0.15, 0.2) is 35.4 Å². The first-order valence-electron chi connectivity index (χ1n) is 9.31. The van der Waals surface area contributed by atoms with Gasteiger partial charge in [0.15, 0.2) is 0 Å². The topological polar surface area (TPSA) is 121 Å². The summed E-state index contributed by atoms with van der Waals surface area (Å²) >= 11 is 0. The van der Waals surface area contributed by atoms with Gasteiger partial charge in [-0.1, -0.05) is 0 Å².